The molecule has 0 aromatic heterocycles. The molecule has 0 bridgehead atoms. The third-order valence-electron chi connectivity index (χ3n) is 5.76. The molecule has 0 unspecified atom stereocenters. The Morgan fingerprint density at radius 3 is 1.79 bits per heavy atom. The number of sulfonamides is 1. The molecule has 3 aromatic carbocycles. The van der Waals surface area contributed by atoms with Crippen LogP contribution in [0.4, 0.5) is 11.4 Å². The smallest absolute Gasteiger partial charge is 0.340 e. The maximum atomic E-state index is 13.8. The second-order valence-electron chi connectivity index (χ2n) is 8.18. The maximum absolute atomic E-state index is 13.8. The first-order valence-electron chi connectivity index (χ1n) is 11.5. The number of methoxy groups -OCH3 is 5. The van der Waals surface area contributed by atoms with Gasteiger partial charge in [-0.25, -0.2) is 13.2 Å². The van der Waals surface area contributed by atoms with Crippen LogP contribution in [0.15, 0.2) is 54.6 Å². The van der Waals surface area contributed by atoms with Gasteiger partial charge in [0.2, 0.25) is 10.0 Å². The molecule has 1 N–H and O–H groups in total. The Hall–Kier alpha value is -4.45. The van der Waals surface area contributed by atoms with E-state index in [2.05, 4.69) is 5.32 Å². The third kappa shape index (κ3) is 6.52. The summed E-state index contributed by atoms with van der Waals surface area (Å²) in [5.74, 6) is -0.568. The van der Waals surface area contributed by atoms with E-state index < -0.39 is 21.9 Å². The first-order chi connectivity index (χ1) is 18.6. The Morgan fingerprint density at radius 1 is 0.769 bits per heavy atom. The van der Waals surface area contributed by atoms with Crippen LogP contribution in [0.3, 0.4) is 0 Å². The van der Waals surface area contributed by atoms with Crippen molar-refractivity contribution in [1.29, 1.82) is 0 Å². The SMILES string of the molecule is COC(=O)c1cc(OC)c(OC)cc1NC(=O)c1cc(OC)c(OC)cc1N(Cc1ccccc1)S(C)(=O)=O. The van der Waals surface area contributed by atoms with Crippen LogP contribution in [-0.2, 0) is 21.3 Å². The highest BCUT2D eigenvalue weighted by Crippen LogP contribution is 2.38. The number of rotatable bonds is 11. The van der Waals surface area contributed by atoms with Crippen molar-refractivity contribution in [3.63, 3.8) is 0 Å². The number of anilines is 2. The van der Waals surface area contributed by atoms with E-state index in [4.69, 9.17) is 23.7 Å². The monoisotopic (exact) mass is 558 g/mol. The molecule has 0 spiro atoms. The highest BCUT2D eigenvalue weighted by atomic mass is 32.2. The summed E-state index contributed by atoms with van der Waals surface area (Å²) in [5, 5.41) is 2.67. The number of esters is 1. The summed E-state index contributed by atoms with van der Waals surface area (Å²) in [6.45, 7) is -0.0563. The van der Waals surface area contributed by atoms with Gasteiger partial charge in [-0.2, -0.15) is 0 Å². The molecule has 208 valence electrons. The molecule has 0 fully saturated rings. The number of benzene rings is 3. The summed E-state index contributed by atoms with van der Waals surface area (Å²) >= 11 is 0. The third-order valence-corrected chi connectivity index (χ3v) is 6.89. The Balaban J connectivity index is 2.20. The molecule has 0 saturated heterocycles. The normalized spacial score (nSPS) is 10.8. The minimum atomic E-state index is -3.89. The summed E-state index contributed by atoms with van der Waals surface area (Å²) in [6.07, 6.45) is 1.04. The van der Waals surface area contributed by atoms with Crippen LogP contribution in [0.25, 0.3) is 0 Å². The Kier molecular flexibility index (Phi) is 9.25. The van der Waals surface area contributed by atoms with E-state index in [0.29, 0.717) is 5.56 Å². The van der Waals surface area contributed by atoms with Crippen molar-refractivity contribution in [2.24, 2.45) is 0 Å². The van der Waals surface area contributed by atoms with Crippen LogP contribution in [0.2, 0.25) is 0 Å². The fourth-order valence-electron chi connectivity index (χ4n) is 3.84. The molecule has 3 rings (SSSR count). The second kappa shape index (κ2) is 12.4. The molecule has 0 aliphatic rings. The van der Waals surface area contributed by atoms with Gasteiger partial charge in [0.25, 0.3) is 5.91 Å². The molecular formula is C27H30N2O9S. The molecule has 0 radical (unpaired) electrons. The molecular weight excluding hydrogens is 528 g/mol. The van der Waals surface area contributed by atoms with Crippen LogP contribution >= 0.6 is 0 Å². The molecule has 0 aliphatic carbocycles. The van der Waals surface area contributed by atoms with Gasteiger partial charge in [-0.3, -0.25) is 9.10 Å². The lowest BCUT2D eigenvalue weighted by atomic mass is 10.1. The summed E-state index contributed by atoms with van der Waals surface area (Å²) in [4.78, 5) is 26.3. The summed E-state index contributed by atoms with van der Waals surface area (Å²) < 4.78 is 53.3. The number of carbonyl (C=O) groups is 2. The van der Waals surface area contributed by atoms with Crippen LogP contribution in [0, 0.1) is 0 Å². The first kappa shape index (κ1) is 29.1. The lowest BCUT2D eigenvalue weighted by Crippen LogP contribution is -2.31. The van der Waals surface area contributed by atoms with Crippen molar-refractivity contribution in [1.82, 2.24) is 0 Å². The summed E-state index contributed by atoms with van der Waals surface area (Å²) in [6, 6.07) is 14.5. The van der Waals surface area contributed by atoms with E-state index in [0.717, 1.165) is 10.6 Å². The van der Waals surface area contributed by atoms with E-state index in [-0.39, 0.29) is 52.0 Å². The minimum absolute atomic E-state index is 0.00483. The highest BCUT2D eigenvalue weighted by molar-refractivity contribution is 7.92. The van der Waals surface area contributed by atoms with E-state index in [9.17, 15) is 18.0 Å². The molecule has 0 heterocycles. The number of hydrogen-bond acceptors (Lipinski definition) is 9. The number of amides is 1. The molecule has 12 heteroatoms. The van der Waals surface area contributed by atoms with Gasteiger partial charge in [0.05, 0.1) is 70.9 Å². The fourth-order valence-corrected chi connectivity index (χ4v) is 4.73. The van der Waals surface area contributed by atoms with Crippen molar-refractivity contribution in [2.45, 2.75) is 6.54 Å². The molecule has 3 aromatic rings. The number of hydrogen-bond donors (Lipinski definition) is 1. The van der Waals surface area contributed by atoms with Crippen molar-refractivity contribution >= 4 is 33.3 Å². The van der Waals surface area contributed by atoms with Crippen LogP contribution in [-0.4, -0.2) is 62.1 Å². The van der Waals surface area contributed by atoms with Crippen LogP contribution in [0.1, 0.15) is 26.3 Å². The number of nitrogens with zero attached hydrogens (tertiary/aromatic N) is 1. The van der Waals surface area contributed by atoms with E-state index in [1.165, 1.54) is 59.8 Å². The van der Waals surface area contributed by atoms with Gasteiger partial charge < -0.3 is 29.0 Å². The van der Waals surface area contributed by atoms with Gasteiger partial charge in [0.1, 0.15) is 0 Å². The van der Waals surface area contributed by atoms with Gasteiger partial charge in [-0.05, 0) is 11.6 Å². The van der Waals surface area contributed by atoms with E-state index in [1.54, 1.807) is 24.3 Å². The Labute approximate surface area is 227 Å². The second-order valence-corrected chi connectivity index (χ2v) is 10.1. The average molecular weight is 559 g/mol. The van der Waals surface area contributed by atoms with Crippen molar-refractivity contribution < 1.29 is 41.7 Å². The lowest BCUT2D eigenvalue weighted by Gasteiger charge is -2.26. The standard InChI is InChI=1S/C27H30N2O9S/c1-34-22-12-18(27(31)38-5)20(14-24(22)36-3)28-26(30)19-13-23(35-2)25(37-4)15-21(19)29(39(6,32)33)16-17-10-8-7-9-11-17/h7-15H,16H2,1-6H3,(H,28,30). The first-order valence-corrected chi connectivity index (χ1v) is 13.4. The average Bonchev–Trinajstić information content (AvgIpc) is 2.94. The fraction of sp³-hybridized carbons (Fsp3) is 0.259. The summed E-state index contributed by atoms with van der Waals surface area (Å²) in [7, 11) is 2.91. The van der Waals surface area contributed by atoms with E-state index >= 15 is 0 Å². The maximum Gasteiger partial charge on any atom is 0.340 e. The van der Waals surface area contributed by atoms with Crippen LogP contribution < -0.4 is 28.6 Å². The summed E-state index contributed by atoms with van der Waals surface area (Å²) in [5.41, 5.74) is 0.724. The largest absolute Gasteiger partial charge is 0.493 e. The lowest BCUT2D eigenvalue weighted by molar-refractivity contribution is 0.0601. The van der Waals surface area contributed by atoms with Gasteiger partial charge in [0.15, 0.2) is 23.0 Å². The van der Waals surface area contributed by atoms with E-state index in [1.807, 2.05) is 6.07 Å². The molecule has 1 amide bonds. The van der Waals surface area contributed by atoms with Crippen LogP contribution in [0.5, 0.6) is 23.0 Å². The van der Waals surface area contributed by atoms with Crippen molar-refractivity contribution in [3.05, 3.63) is 71.3 Å². The highest BCUT2D eigenvalue weighted by Gasteiger charge is 2.28. The zero-order valence-electron chi connectivity index (χ0n) is 22.4. The minimum Gasteiger partial charge on any atom is -0.493 e. The van der Waals surface area contributed by atoms with Gasteiger partial charge >= 0.3 is 5.97 Å². The number of nitrogens with one attached hydrogen (secondary N) is 1. The topological polar surface area (TPSA) is 130 Å². The predicted octanol–water partition coefficient (Wildman–Crippen LogP) is 3.73. The van der Waals surface area contributed by atoms with Gasteiger partial charge in [0, 0.05) is 18.2 Å². The predicted molar refractivity (Wildman–Crippen MR) is 146 cm³/mol. The molecule has 39 heavy (non-hydrogen) atoms. The number of ether oxygens (including phenoxy) is 5. The number of carbonyl (C=O) groups excluding carboxylic acids is 2. The molecule has 11 nitrogen and oxygen atoms in total. The molecule has 0 saturated carbocycles. The molecule has 0 atom stereocenters. The zero-order valence-corrected chi connectivity index (χ0v) is 23.2. The Bertz CT molecular complexity index is 1460. The van der Waals surface area contributed by atoms with Crippen molar-refractivity contribution in [2.75, 3.05) is 51.4 Å². The van der Waals surface area contributed by atoms with Gasteiger partial charge in [-0.1, -0.05) is 30.3 Å². The van der Waals surface area contributed by atoms with Gasteiger partial charge in [-0.15, -0.1) is 0 Å². The quantitative estimate of drug-likeness (QED) is 0.350. The molecule has 0 aliphatic heterocycles. The van der Waals surface area contributed by atoms with Crippen molar-refractivity contribution in [3.8, 4) is 23.0 Å². The zero-order chi connectivity index (χ0) is 28.7. The Morgan fingerprint density at radius 2 is 1.28 bits per heavy atom.